The molecule has 0 aliphatic heterocycles. The van der Waals surface area contributed by atoms with Crippen LogP contribution in [-0.4, -0.2) is 28.4 Å². The molecule has 0 radical (unpaired) electrons. The molecule has 1 aromatic heterocycles. The van der Waals surface area contributed by atoms with Crippen molar-refractivity contribution >= 4 is 5.91 Å². The number of halogens is 3. The monoisotopic (exact) mass is 314 g/mol. The Labute approximate surface area is 128 Å². The molecule has 1 heterocycles. The maximum atomic E-state index is 12.7. The lowest BCUT2D eigenvalue weighted by Gasteiger charge is -2.34. The molecule has 1 fully saturated rings. The molecule has 2 rings (SSSR count). The average molecular weight is 314 g/mol. The third-order valence-corrected chi connectivity index (χ3v) is 4.22. The number of hydrogen-bond acceptors (Lipinski definition) is 2. The first-order chi connectivity index (χ1) is 10.3. The summed E-state index contributed by atoms with van der Waals surface area (Å²) in [6, 6.07) is 2.32. The topological polar surface area (TPSA) is 33.2 Å². The van der Waals surface area contributed by atoms with Crippen LogP contribution in [0.2, 0.25) is 0 Å². The zero-order chi connectivity index (χ0) is 16.3. The van der Waals surface area contributed by atoms with Crippen molar-refractivity contribution in [3.05, 3.63) is 29.1 Å². The van der Waals surface area contributed by atoms with Gasteiger partial charge in [-0.05, 0) is 38.8 Å². The van der Waals surface area contributed by atoms with Gasteiger partial charge in [-0.2, -0.15) is 13.2 Å². The molecule has 3 nitrogen and oxygen atoms in total. The van der Waals surface area contributed by atoms with Crippen LogP contribution >= 0.6 is 0 Å². The molecule has 0 unspecified atom stereocenters. The second-order valence-corrected chi connectivity index (χ2v) is 5.71. The summed E-state index contributed by atoms with van der Waals surface area (Å²) in [5.74, 6) is -0.215. The van der Waals surface area contributed by atoms with Gasteiger partial charge >= 0.3 is 6.18 Å². The molecule has 0 saturated heterocycles. The lowest BCUT2D eigenvalue weighted by molar-refractivity contribution is -0.141. The Morgan fingerprint density at radius 1 is 1.27 bits per heavy atom. The summed E-state index contributed by atoms with van der Waals surface area (Å²) in [5.41, 5.74) is -0.559. The summed E-state index contributed by atoms with van der Waals surface area (Å²) < 4.78 is 38.0. The van der Waals surface area contributed by atoms with Gasteiger partial charge < -0.3 is 4.90 Å². The number of alkyl halides is 3. The zero-order valence-electron chi connectivity index (χ0n) is 12.9. The third-order valence-electron chi connectivity index (χ3n) is 4.22. The summed E-state index contributed by atoms with van der Waals surface area (Å²) in [6.45, 7) is 3.92. The number of aryl methyl sites for hydroxylation is 1. The molecule has 1 aliphatic carbocycles. The van der Waals surface area contributed by atoms with Gasteiger partial charge in [-0.3, -0.25) is 4.79 Å². The van der Waals surface area contributed by atoms with Crippen LogP contribution in [-0.2, 0) is 6.18 Å². The lowest BCUT2D eigenvalue weighted by atomic mass is 9.93. The fourth-order valence-electron chi connectivity index (χ4n) is 3.06. The Bertz CT molecular complexity index is 537. The third kappa shape index (κ3) is 3.59. The number of carbonyl (C=O) groups excluding carboxylic acids is 1. The molecular formula is C16H21F3N2O. The van der Waals surface area contributed by atoms with E-state index in [-0.39, 0.29) is 23.2 Å². The van der Waals surface area contributed by atoms with E-state index < -0.39 is 11.9 Å². The number of rotatable bonds is 3. The highest BCUT2D eigenvalue weighted by molar-refractivity contribution is 5.95. The van der Waals surface area contributed by atoms with Crippen molar-refractivity contribution < 1.29 is 18.0 Å². The van der Waals surface area contributed by atoms with Crippen LogP contribution in [0.3, 0.4) is 0 Å². The van der Waals surface area contributed by atoms with Crippen LogP contribution in [0, 0.1) is 6.92 Å². The van der Waals surface area contributed by atoms with Gasteiger partial charge in [-0.1, -0.05) is 19.3 Å². The molecule has 1 saturated carbocycles. The van der Waals surface area contributed by atoms with Gasteiger partial charge in [0.1, 0.15) is 5.69 Å². The summed E-state index contributed by atoms with van der Waals surface area (Å²) >= 11 is 0. The molecule has 0 atom stereocenters. The Morgan fingerprint density at radius 2 is 1.91 bits per heavy atom. The van der Waals surface area contributed by atoms with E-state index in [9.17, 15) is 18.0 Å². The van der Waals surface area contributed by atoms with Crippen molar-refractivity contribution in [3.63, 3.8) is 0 Å². The summed E-state index contributed by atoms with van der Waals surface area (Å²) in [6.07, 6.45) is 0.819. The number of hydrogen-bond donors (Lipinski definition) is 0. The molecule has 22 heavy (non-hydrogen) atoms. The van der Waals surface area contributed by atoms with Crippen LogP contribution in [0.5, 0.6) is 0 Å². The number of amides is 1. The zero-order valence-corrected chi connectivity index (χ0v) is 12.9. The van der Waals surface area contributed by atoms with E-state index >= 15 is 0 Å². The van der Waals surface area contributed by atoms with Crippen molar-refractivity contribution in [2.24, 2.45) is 0 Å². The Balaban J connectivity index is 2.23. The van der Waals surface area contributed by atoms with Crippen LogP contribution in [0.15, 0.2) is 12.1 Å². The van der Waals surface area contributed by atoms with Crippen molar-refractivity contribution in [2.75, 3.05) is 6.54 Å². The molecule has 0 bridgehead atoms. The van der Waals surface area contributed by atoms with Crippen molar-refractivity contribution in [3.8, 4) is 0 Å². The normalized spacial score (nSPS) is 16.6. The standard InChI is InChI=1S/C16H21F3N2O/c1-3-21(12-7-5-4-6-8-12)15(22)13-9-10-14(16(17,18)19)20-11(13)2/h9-10,12H,3-8H2,1-2H3. The predicted molar refractivity (Wildman–Crippen MR) is 77.6 cm³/mol. The Morgan fingerprint density at radius 3 is 2.41 bits per heavy atom. The molecule has 6 heteroatoms. The first-order valence-electron chi connectivity index (χ1n) is 7.70. The maximum absolute atomic E-state index is 12.7. The van der Waals surface area contributed by atoms with E-state index in [0.717, 1.165) is 31.7 Å². The number of carbonyl (C=O) groups is 1. The van der Waals surface area contributed by atoms with Gasteiger partial charge in [-0.25, -0.2) is 4.98 Å². The molecule has 122 valence electrons. The number of nitrogens with zero attached hydrogens (tertiary/aromatic N) is 2. The fraction of sp³-hybridized carbons (Fsp3) is 0.625. The van der Waals surface area contributed by atoms with E-state index in [1.807, 2.05) is 6.92 Å². The highest BCUT2D eigenvalue weighted by Crippen LogP contribution is 2.29. The van der Waals surface area contributed by atoms with E-state index in [1.54, 1.807) is 4.90 Å². The predicted octanol–water partition coefficient (Wildman–Crippen LogP) is 4.20. The van der Waals surface area contributed by atoms with Gasteiger partial charge in [-0.15, -0.1) is 0 Å². The van der Waals surface area contributed by atoms with Gasteiger partial charge in [0.15, 0.2) is 0 Å². The number of pyridine rings is 1. The van der Waals surface area contributed by atoms with Gasteiger partial charge in [0.25, 0.3) is 5.91 Å². The minimum Gasteiger partial charge on any atom is -0.336 e. The van der Waals surface area contributed by atoms with Gasteiger partial charge in [0.05, 0.1) is 11.3 Å². The van der Waals surface area contributed by atoms with Crippen LogP contribution in [0.25, 0.3) is 0 Å². The van der Waals surface area contributed by atoms with Crippen molar-refractivity contribution in [1.82, 2.24) is 9.88 Å². The first-order valence-corrected chi connectivity index (χ1v) is 7.70. The van der Waals surface area contributed by atoms with E-state index in [4.69, 9.17) is 0 Å². The smallest absolute Gasteiger partial charge is 0.336 e. The molecule has 0 spiro atoms. The second-order valence-electron chi connectivity index (χ2n) is 5.71. The molecule has 1 aromatic rings. The van der Waals surface area contributed by atoms with Crippen LogP contribution in [0.4, 0.5) is 13.2 Å². The minimum absolute atomic E-state index is 0.133. The highest BCUT2D eigenvalue weighted by atomic mass is 19.4. The van der Waals surface area contributed by atoms with E-state index in [2.05, 4.69) is 4.98 Å². The van der Waals surface area contributed by atoms with Crippen molar-refractivity contribution in [1.29, 1.82) is 0 Å². The minimum atomic E-state index is -4.49. The SMILES string of the molecule is CCN(C(=O)c1ccc(C(F)(F)F)nc1C)C1CCCCC1. The average Bonchev–Trinajstić information content (AvgIpc) is 2.48. The maximum Gasteiger partial charge on any atom is 0.433 e. The summed E-state index contributed by atoms with van der Waals surface area (Å²) in [7, 11) is 0. The summed E-state index contributed by atoms with van der Waals surface area (Å²) in [4.78, 5) is 18.0. The Kier molecular flexibility index (Phi) is 5.08. The quantitative estimate of drug-likeness (QED) is 0.837. The molecule has 1 aliphatic rings. The highest BCUT2D eigenvalue weighted by Gasteiger charge is 2.33. The molecule has 0 N–H and O–H groups in total. The molecule has 1 amide bonds. The molecular weight excluding hydrogens is 293 g/mol. The second kappa shape index (κ2) is 6.67. The first kappa shape index (κ1) is 16.8. The number of aromatic nitrogens is 1. The van der Waals surface area contributed by atoms with E-state index in [0.29, 0.717) is 6.54 Å². The van der Waals surface area contributed by atoms with Crippen molar-refractivity contribution in [2.45, 2.75) is 58.2 Å². The van der Waals surface area contributed by atoms with E-state index in [1.165, 1.54) is 19.4 Å². The lowest BCUT2D eigenvalue weighted by Crippen LogP contribution is -2.41. The summed E-state index contributed by atoms with van der Waals surface area (Å²) in [5, 5.41) is 0. The van der Waals surface area contributed by atoms with Gasteiger partial charge in [0.2, 0.25) is 0 Å². The largest absolute Gasteiger partial charge is 0.433 e. The fourth-order valence-corrected chi connectivity index (χ4v) is 3.06. The van der Waals surface area contributed by atoms with Crippen LogP contribution in [0.1, 0.15) is 60.8 Å². The Hall–Kier alpha value is -1.59. The molecule has 0 aromatic carbocycles. The van der Waals surface area contributed by atoms with Gasteiger partial charge in [0, 0.05) is 12.6 Å². The van der Waals surface area contributed by atoms with Crippen LogP contribution < -0.4 is 0 Å².